The molecule has 2 aliphatic heterocycles. The number of hydrogen-bond acceptors (Lipinski definition) is 8. The van der Waals surface area contributed by atoms with E-state index in [0.29, 0.717) is 34.2 Å². The van der Waals surface area contributed by atoms with Crippen molar-refractivity contribution in [1.82, 2.24) is 0 Å². The topological polar surface area (TPSA) is 97.3 Å². The van der Waals surface area contributed by atoms with Crippen LogP contribution in [0.15, 0.2) is 45.6 Å². The van der Waals surface area contributed by atoms with Gasteiger partial charge in [-0.25, -0.2) is 0 Å². The summed E-state index contributed by atoms with van der Waals surface area (Å²) < 4.78 is 33.9. The normalized spacial score (nSPS) is 25.2. The van der Waals surface area contributed by atoms with Crippen molar-refractivity contribution in [3.05, 3.63) is 47.9 Å². The van der Waals surface area contributed by atoms with Crippen molar-refractivity contribution >= 4 is 33.9 Å². The van der Waals surface area contributed by atoms with Crippen LogP contribution in [0.5, 0.6) is 23.0 Å². The lowest BCUT2D eigenvalue weighted by atomic mass is 9.50. The lowest BCUT2D eigenvalue weighted by Crippen LogP contribution is -2.57. The third-order valence-corrected chi connectivity index (χ3v) is 7.01. The van der Waals surface area contributed by atoms with Crippen LogP contribution >= 0.6 is 0 Å². The van der Waals surface area contributed by atoms with Gasteiger partial charge in [-0.2, -0.15) is 0 Å². The van der Waals surface area contributed by atoms with Crippen LogP contribution < -0.4 is 18.9 Å². The van der Waals surface area contributed by atoms with E-state index in [9.17, 15) is 9.59 Å². The predicted molar refractivity (Wildman–Crippen MR) is 109 cm³/mol. The fourth-order valence-electron chi connectivity index (χ4n) is 5.79. The molecule has 1 saturated carbocycles. The smallest absolute Gasteiger partial charge is 0.315 e. The van der Waals surface area contributed by atoms with Gasteiger partial charge in [-0.1, -0.05) is 0 Å². The molecular formula is C24H16O8. The first-order valence-corrected chi connectivity index (χ1v) is 10.2. The minimum atomic E-state index is -0.670. The van der Waals surface area contributed by atoms with Crippen molar-refractivity contribution < 1.29 is 37.4 Å². The highest BCUT2D eigenvalue weighted by atomic mass is 16.6. The molecule has 3 aliphatic rings. The third-order valence-electron chi connectivity index (χ3n) is 7.01. The van der Waals surface area contributed by atoms with Gasteiger partial charge in [0.05, 0.1) is 49.4 Å². The van der Waals surface area contributed by atoms with E-state index in [1.807, 2.05) is 12.1 Å². The van der Waals surface area contributed by atoms with Gasteiger partial charge in [-0.05, 0) is 12.1 Å². The first-order valence-electron chi connectivity index (χ1n) is 10.2. The second kappa shape index (κ2) is 5.85. The number of carbonyl (C=O) groups is 2. The molecule has 0 unspecified atom stereocenters. The monoisotopic (exact) mass is 432 g/mol. The van der Waals surface area contributed by atoms with E-state index in [0.717, 1.165) is 21.9 Å². The van der Waals surface area contributed by atoms with Gasteiger partial charge in [0.1, 0.15) is 34.2 Å². The fourth-order valence-corrected chi connectivity index (χ4v) is 5.79. The molecule has 7 rings (SSSR count). The van der Waals surface area contributed by atoms with Crippen LogP contribution in [0.3, 0.4) is 0 Å². The van der Waals surface area contributed by atoms with E-state index in [2.05, 4.69) is 0 Å². The predicted octanol–water partition coefficient (Wildman–Crippen LogP) is 4.15. The van der Waals surface area contributed by atoms with Gasteiger partial charge in [0.15, 0.2) is 0 Å². The van der Waals surface area contributed by atoms with Crippen molar-refractivity contribution in [1.29, 1.82) is 0 Å². The molecule has 0 N–H and O–H groups in total. The van der Waals surface area contributed by atoms with Crippen LogP contribution in [0.2, 0.25) is 0 Å². The number of esters is 2. The summed E-state index contributed by atoms with van der Waals surface area (Å²) in [6.07, 6.45) is 3.13. The van der Waals surface area contributed by atoms with Crippen molar-refractivity contribution in [3.8, 4) is 23.0 Å². The zero-order valence-corrected chi connectivity index (χ0v) is 17.0. The number of fused-ring (bicyclic) bond motifs is 10. The number of furan rings is 2. The molecule has 4 atom stereocenters. The maximum Gasteiger partial charge on any atom is 0.315 e. The Labute approximate surface area is 180 Å². The molecule has 0 saturated heterocycles. The Morgan fingerprint density at radius 3 is 1.53 bits per heavy atom. The first-order chi connectivity index (χ1) is 15.6. The zero-order chi connectivity index (χ0) is 21.7. The van der Waals surface area contributed by atoms with Crippen LogP contribution in [0.25, 0.3) is 21.9 Å². The summed E-state index contributed by atoms with van der Waals surface area (Å²) in [6.45, 7) is 0. The van der Waals surface area contributed by atoms with Crippen LogP contribution in [-0.2, 0) is 9.59 Å². The summed E-state index contributed by atoms with van der Waals surface area (Å²) in [5.41, 5.74) is 2.62. The molecule has 160 valence electrons. The van der Waals surface area contributed by atoms with E-state index in [4.69, 9.17) is 27.8 Å². The highest BCUT2D eigenvalue weighted by molar-refractivity contribution is 5.98. The minimum absolute atomic E-state index is 0.338. The average molecular weight is 432 g/mol. The Morgan fingerprint density at radius 2 is 1.12 bits per heavy atom. The Balaban J connectivity index is 1.52. The Bertz CT molecular complexity index is 1360. The Hall–Kier alpha value is -3.94. The standard InChI is InChI=1S/C24H16O8/c1-27-21-9-3-5-29-11(9)7-13-15(21)17-18-16-14(8-12-10(4-6-30-12)22(16)28-2)32-24(26)20(18)19(17)23(25)31-13/h3-8,17-20H,1-2H3/t17-,18+,19-,20+. The third kappa shape index (κ3) is 1.93. The van der Waals surface area contributed by atoms with Crippen LogP contribution in [0.4, 0.5) is 0 Å². The number of methoxy groups -OCH3 is 2. The molecular weight excluding hydrogens is 416 g/mol. The molecule has 0 spiro atoms. The van der Waals surface area contributed by atoms with Gasteiger partial charge in [0.2, 0.25) is 0 Å². The second-order valence-electron chi connectivity index (χ2n) is 8.25. The first kappa shape index (κ1) is 17.7. The Kier molecular flexibility index (Phi) is 3.24. The van der Waals surface area contributed by atoms with Crippen LogP contribution in [-0.4, -0.2) is 26.2 Å². The van der Waals surface area contributed by atoms with E-state index in [1.165, 1.54) is 0 Å². The molecule has 32 heavy (non-hydrogen) atoms. The van der Waals surface area contributed by atoms with E-state index in [-0.39, 0.29) is 11.8 Å². The van der Waals surface area contributed by atoms with E-state index in [1.54, 1.807) is 38.9 Å². The van der Waals surface area contributed by atoms with Crippen molar-refractivity contribution in [2.45, 2.75) is 11.8 Å². The zero-order valence-electron chi connectivity index (χ0n) is 17.0. The number of rotatable bonds is 2. The highest BCUT2D eigenvalue weighted by Gasteiger charge is 2.66. The highest BCUT2D eigenvalue weighted by Crippen LogP contribution is 2.68. The molecule has 0 radical (unpaired) electrons. The van der Waals surface area contributed by atoms with Crippen molar-refractivity contribution in [2.24, 2.45) is 11.8 Å². The van der Waals surface area contributed by atoms with Crippen molar-refractivity contribution in [3.63, 3.8) is 0 Å². The SMILES string of the molecule is COc1c2c(cc3occc13)OC(=O)[C@@H]1[C@@H]3C(=O)Oc4cc5occc5c(OC)c4[C@@H]3[C@H]21. The number of benzene rings is 2. The quantitative estimate of drug-likeness (QED) is 0.344. The maximum atomic E-state index is 13.0. The van der Waals surface area contributed by atoms with Crippen molar-refractivity contribution in [2.75, 3.05) is 14.2 Å². The molecule has 2 aromatic carbocycles. The largest absolute Gasteiger partial charge is 0.496 e. The molecule has 4 aromatic rings. The van der Waals surface area contributed by atoms with Gasteiger partial charge in [-0.3, -0.25) is 9.59 Å². The van der Waals surface area contributed by atoms with Gasteiger partial charge < -0.3 is 27.8 Å². The van der Waals surface area contributed by atoms with Gasteiger partial charge in [0.25, 0.3) is 0 Å². The average Bonchev–Trinajstić information content (AvgIpc) is 3.41. The molecule has 4 heterocycles. The maximum absolute atomic E-state index is 13.0. The van der Waals surface area contributed by atoms with Gasteiger partial charge >= 0.3 is 11.9 Å². The van der Waals surface area contributed by atoms with Gasteiger partial charge in [-0.15, -0.1) is 0 Å². The minimum Gasteiger partial charge on any atom is -0.496 e. The molecule has 8 heteroatoms. The lowest BCUT2D eigenvalue weighted by molar-refractivity contribution is -0.165. The number of carbonyl (C=O) groups excluding carboxylic acids is 2. The summed E-state index contributed by atoms with van der Waals surface area (Å²) in [4.78, 5) is 26.0. The molecule has 0 bridgehead atoms. The molecule has 1 fully saturated rings. The van der Waals surface area contributed by atoms with E-state index >= 15 is 0 Å². The molecule has 2 aromatic heterocycles. The lowest BCUT2D eigenvalue weighted by Gasteiger charge is -2.53. The molecule has 8 nitrogen and oxygen atoms in total. The second-order valence-corrected chi connectivity index (χ2v) is 8.25. The summed E-state index contributed by atoms with van der Waals surface area (Å²) in [5, 5.41) is 1.56. The van der Waals surface area contributed by atoms with Gasteiger partial charge in [0, 0.05) is 35.1 Å². The molecule has 0 amide bonds. The van der Waals surface area contributed by atoms with Crippen LogP contribution in [0.1, 0.15) is 23.0 Å². The summed E-state index contributed by atoms with van der Waals surface area (Å²) in [7, 11) is 3.14. The fraction of sp³-hybridized carbons (Fsp3) is 0.250. The van der Waals surface area contributed by atoms with E-state index < -0.39 is 23.8 Å². The summed E-state index contributed by atoms with van der Waals surface area (Å²) in [6, 6.07) is 7.03. The summed E-state index contributed by atoms with van der Waals surface area (Å²) >= 11 is 0. The Morgan fingerprint density at radius 1 is 0.688 bits per heavy atom. The number of hydrogen-bond donors (Lipinski definition) is 0. The number of ether oxygens (including phenoxy) is 4. The van der Waals surface area contributed by atoms with Crippen LogP contribution in [0, 0.1) is 11.8 Å². The molecule has 1 aliphatic carbocycles. The summed E-state index contributed by atoms with van der Waals surface area (Å²) in [5.74, 6) is -0.998.